The average Bonchev–Trinajstić information content (AvgIpc) is 2.66. The second-order valence-corrected chi connectivity index (χ2v) is 5.70. The van der Waals surface area contributed by atoms with Crippen LogP contribution in [-0.4, -0.2) is 43.2 Å². The van der Waals surface area contributed by atoms with Crippen molar-refractivity contribution in [2.24, 2.45) is 4.99 Å². The van der Waals surface area contributed by atoms with Crippen molar-refractivity contribution in [3.8, 4) is 5.75 Å². The van der Waals surface area contributed by atoms with E-state index < -0.39 is 0 Å². The van der Waals surface area contributed by atoms with Crippen molar-refractivity contribution in [3.63, 3.8) is 0 Å². The third-order valence-corrected chi connectivity index (χ3v) is 3.71. The monoisotopic (exact) mass is 482 g/mol. The molecule has 0 atom stereocenters. The molecule has 2 rings (SSSR count). The van der Waals surface area contributed by atoms with Crippen LogP contribution in [0.4, 0.5) is 0 Å². The molecule has 0 saturated heterocycles. The highest BCUT2D eigenvalue weighted by Crippen LogP contribution is 2.14. The van der Waals surface area contributed by atoms with Gasteiger partial charge in [-0.05, 0) is 31.0 Å². The predicted octanol–water partition coefficient (Wildman–Crippen LogP) is 2.54. The molecule has 0 spiro atoms. The Labute approximate surface area is 177 Å². The minimum atomic E-state index is -0.295. The predicted molar refractivity (Wildman–Crippen MR) is 120 cm³/mol. The Balaban J connectivity index is 0.00000364. The van der Waals surface area contributed by atoms with E-state index in [1.807, 2.05) is 25.1 Å². The van der Waals surface area contributed by atoms with Crippen molar-refractivity contribution in [1.29, 1.82) is 0 Å². The van der Waals surface area contributed by atoms with E-state index in [2.05, 4.69) is 33.1 Å². The minimum Gasteiger partial charge on any atom is -0.507 e. The molecule has 7 heteroatoms. The van der Waals surface area contributed by atoms with E-state index >= 15 is 0 Å². The van der Waals surface area contributed by atoms with Gasteiger partial charge in [0.05, 0.1) is 5.56 Å². The maximum atomic E-state index is 12.0. The van der Waals surface area contributed by atoms with E-state index in [1.54, 1.807) is 18.2 Å². The molecule has 0 aromatic heterocycles. The van der Waals surface area contributed by atoms with Crippen LogP contribution in [0.1, 0.15) is 22.8 Å². The van der Waals surface area contributed by atoms with Gasteiger partial charge in [0.25, 0.3) is 5.91 Å². The Kier molecular flexibility index (Phi) is 10.9. The largest absolute Gasteiger partial charge is 0.507 e. The molecule has 0 radical (unpaired) electrons. The summed E-state index contributed by atoms with van der Waals surface area (Å²) in [5.74, 6) is 0.407. The van der Waals surface area contributed by atoms with Crippen LogP contribution in [0.2, 0.25) is 0 Å². The van der Waals surface area contributed by atoms with Crippen LogP contribution < -0.4 is 16.0 Å². The molecule has 0 fully saturated rings. The number of aliphatic imine (C=N–C) groups is 1. The summed E-state index contributed by atoms with van der Waals surface area (Å²) < 4.78 is 0. The summed E-state index contributed by atoms with van der Waals surface area (Å²) in [4.78, 5) is 16.6. The number of carbonyl (C=O) groups excluding carboxylic acids is 1. The summed E-state index contributed by atoms with van der Waals surface area (Å²) in [6.07, 6.45) is 0.876. The lowest BCUT2D eigenvalue weighted by molar-refractivity contribution is 0.0951. The smallest absolute Gasteiger partial charge is 0.255 e. The van der Waals surface area contributed by atoms with Gasteiger partial charge >= 0.3 is 0 Å². The Bertz CT molecular complexity index is 723. The summed E-state index contributed by atoms with van der Waals surface area (Å²) >= 11 is 0. The first kappa shape index (κ1) is 22.8. The van der Waals surface area contributed by atoms with Gasteiger partial charge in [-0.3, -0.25) is 9.79 Å². The molecule has 146 valence electrons. The van der Waals surface area contributed by atoms with Gasteiger partial charge < -0.3 is 21.1 Å². The lowest BCUT2D eigenvalue weighted by atomic mass is 10.2. The van der Waals surface area contributed by atoms with Crippen LogP contribution >= 0.6 is 24.0 Å². The van der Waals surface area contributed by atoms with Gasteiger partial charge in [-0.15, -0.1) is 24.0 Å². The van der Waals surface area contributed by atoms with Crippen LogP contribution in [0, 0.1) is 0 Å². The molecule has 0 aliphatic carbocycles. The number of guanidine groups is 1. The highest BCUT2D eigenvalue weighted by Gasteiger charge is 2.09. The number of nitrogens with one attached hydrogen (secondary N) is 3. The topological polar surface area (TPSA) is 85.8 Å². The number of phenols is 1. The Hall–Kier alpha value is -2.29. The molecular weight excluding hydrogens is 455 g/mol. The highest BCUT2D eigenvalue weighted by molar-refractivity contribution is 14.0. The average molecular weight is 482 g/mol. The second kappa shape index (κ2) is 13.0. The summed E-state index contributed by atoms with van der Waals surface area (Å²) in [7, 11) is 0. The molecule has 2 aromatic carbocycles. The van der Waals surface area contributed by atoms with Crippen molar-refractivity contribution in [2.75, 3.05) is 26.2 Å². The van der Waals surface area contributed by atoms with Crippen molar-refractivity contribution in [2.45, 2.75) is 13.3 Å². The van der Waals surface area contributed by atoms with Crippen LogP contribution in [0.25, 0.3) is 0 Å². The Morgan fingerprint density at radius 2 is 1.63 bits per heavy atom. The number of phenolic OH excluding ortho intramolecular Hbond substituents is 1. The summed E-state index contributed by atoms with van der Waals surface area (Å²) in [5.41, 5.74) is 1.53. The normalized spacial score (nSPS) is 10.6. The molecule has 27 heavy (non-hydrogen) atoms. The number of amides is 1. The number of hydrogen-bond acceptors (Lipinski definition) is 3. The molecule has 0 bridgehead atoms. The van der Waals surface area contributed by atoms with E-state index in [-0.39, 0.29) is 41.2 Å². The first-order chi connectivity index (χ1) is 12.7. The van der Waals surface area contributed by atoms with Crippen molar-refractivity contribution in [3.05, 3.63) is 65.7 Å². The van der Waals surface area contributed by atoms with Crippen LogP contribution in [0.15, 0.2) is 59.6 Å². The first-order valence-electron chi connectivity index (χ1n) is 8.83. The lowest BCUT2D eigenvalue weighted by Crippen LogP contribution is -2.41. The summed E-state index contributed by atoms with van der Waals surface area (Å²) in [6.45, 7) is 4.42. The number of hydrogen-bond donors (Lipinski definition) is 4. The van der Waals surface area contributed by atoms with Gasteiger partial charge in [0, 0.05) is 26.2 Å². The van der Waals surface area contributed by atoms with Crippen LogP contribution in [-0.2, 0) is 6.42 Å². The number of benzene rings is 2. The third-order valence-electron chi connectivity index (χ3n) is 3.71. The maximum absolute atomic E-state index is 12.0. The number of carbonyl (C=O) groups is 1. The number of nitrogens with zero attached hydrogens (tertiary/aromatic N) is 1. The summed E-state index contributed by atoms with van der Waals surface area (Å²) in [5, 5.41) is 18.8. The van der Waals surface area contributed by atoms with E-state index in [4.69, 9.17) is 0 Å². The van der Waals surface area contributed by atoms with Crippen molar-refractivity contribution < 1.29 is 9.90 Å². The molecule has 0 saturated carbocycles. The van der Waals surface area contributed by atoms with Gasteiger partial charge in [-0.25, -0.2) is 0 Å². The second-order valence-electron chi connectivity index (χ2n) is 5.70. The molecule has 0 unspecified atom stereocenters. The summed E-state index contributed by atoms with van der Waals surface area (Å²) in [6, 6.07) is 16.7. The van der Waals surface area contributed by atoms with Gasteiger partial charge in [0.1, 0.15) is 5.75 Å². The zero-order valence-electron chi connectivity index (χ0n) is 15.4. The third kappa shape index (κ3) is 8.29. The van der Waals surface area contributed by atoms with E-state index in [9.17, 15) is 9.90 Å². The highest BCUT2D eigenvalue weighted by atomic mass is 127. The number of halogens is 1. The van der Waals surface area contributed by atoms with Gasteiger partial charge in [-0.1, -0.05) is 42.5 Å². The number of rotatable bonds is 8. The number of aromatic hydroxyl groups is 1. The molecule has 0 aliphatic heterocycles. The molecule has 1 amide bonds. The fourth-order valence-electron chi connectivity index (χ4n) is 2.40. The van der Waals surface area contributed by atoms with E-state index in [1.165, 1.54) is 11.6 Å². The van der Waals surface area contributed by atoms with Crippen molar-refractivity contribution >= 4 is 35.8 Å². The van der Waals surface area contributed by atoms with E-state index in [0.717, 1.165) is 18.9 Å². The minimum absolute atomic E-state index is 0. The molecule has 6 nitrogen and oxygen atoms in total. The number of para-hydroxylation sites is 1. The lowest BCUT2D eigenvalue weighted by Gasteiger charge is -2.12. The standard InChI is InChI=1S/C20H26N4O2.HI/c1-2-21-20(23-13-12-16-8-4-3-5-9-16)24-15-14-22-19(26)17-10-6-7-11-18(17)25;/h3-11,25H,2,12-15H2,1H3,(H,22,26)(H2,21,23,24);1H. The van der Waals surface area contributed by atoms with Gasteiger partial charge in [0.15, 0.2) is 5.96 Å². The quantitative estimate of drug-likeness (QED) is 0.202. The maximum Gasteiger partial charge on any atom is 0.255 e. The first-order valence-corrected chi connectivity index (χ1v) is 8.83. The Morgan fingerprint density at radius 1 is 0.963 bits per heavy atom. The SMILES string of the molecule is CCNC(=NCCc1ccccc1)NCCNC(=O)c1ccccc1O.I. The van der Waals surface area contributed by atoms with Crippen molar-refractivity contribution in [1.82, 2.24) is 16.0 Å². The molecule has 0 aliphatic rings. The molecule has 4 N–H and O–H groups in total. The molecular formula is C20H27IN4O2. The zero-order chi connectivity index (χ0) is 18.6. The fourth-order valence-corrected chi connectivity index (χ4v) is 2.40. The molecule has 0 heterocycles. The zero-order valence-corrected chi connectivity index (χ0v) is 17.8. The van der Waals surface area contributed by atoms with Crippen LogP contribution in [0.5, 0.6) is 5.75 Å². The van der Waals surface area contributed by atoms with E-state index in [0.29, 0.717) is 19.6 Å². The molecule has 2 aromatic rings. The Morgan fingerprint density at radius 3 is 2.33 bits per heavy atom. The van der Waals surface area contributed by atoms with Gasteiger partial charge in [-0.2, -0.15) is 0 Å². The van der Waals surface area contributed by atoms with Gasteiger partial charge in [0.2, 0.25) is 0 Å². The fraction of sp³-hybridized carbons (Fsp3) is 0.300. The van der Waals surface area contributed by atoms with Crippen LogP contribution in [0.3, 0.4) is 0 Å².